The summed E-state index contributed by atoms with van der Waals surface area (Å²) in [5.74, 6) is 2.34. The van der Waals surface area contributed by atoms with Gasteiger partial charge < -0.3 is 20.1 Å². The molecule has 0 saturated carbocycles. The van der Waals surface area contributed by atoms with Gasteiger partial charge in [0.1, 0.15) is 11.5 Å². The van der Waals surface area contributed by atoms with Crippen LogP contribution in [-0.4, -0.2) is 24.6 Å². The van der Waals surface area contributed by atoms with Crippen LogP contribution in [0.3, 0.4) is 0 Å². The first kappa shape index (κ1) is 22.1. The highest BCUT2D eigenvalue weighted by molar-refractivity contribution is 5.80. The van der Waals surface area contributed by atoms with E-state index in [2.05, 4.69) is 16.7 Å². The third kappa shape index (κ3) is 5.79. The zero-order valence-corrected chi connectivity index (χ0v) is 18.4. The second-order valence-corrected chi connectivity index (χ2v) is 7.66. The van der Waals surface area contributed by atoms with E-state index in [1.165, 1.54) is 12.1 Å². The maximum Gasteiger partial charge on any atom is 0.269 e. The number of aliphatic imine (C=N–C) groups is 1. The van der Waals surface area contributed by atoms with Crippen LogP contribution in [0.15, 0.2) is 77.8 Å². The molecular weight excluding hydrogens is 420 g/mol. The first-order chi connectivity index (χ1) is 16.1. The van der Waals surface area contributed by atoms with E-state index < -0.39 is 4.92 Å². The van der Waals surface area contributed by atoms with Gasteiger partial charge in [0.2, 0.25) is 0 Å². The lowest BCUT2D eigenvalue weighted by atomic mass is 10.0. The molecule has 0 bridgehead atoms. The average Bonchev–Trinajstić information content (AvgIpc) is 2.86. The fraction of sp³-hybridized carbons (Fsp3) is 0.240. The molecule has 1 aliphatic heterocycles. The number of nitro benzene ring substituents is 1. The molecule has 4 rings (SSSR count). The Hall–Kier alpha value is -4.07. The van der Waals surface area contributed by atoms with Crippen molar-refractivity contribution in [2.24, 2.45) is 4.99 Å². The summed E-state index contributed by atoms with van der Waals surface area (Å²) in [7, 11) is 1.64. The van der Waals surface area contributed by atoms with Gasteiger partial charge in [-0.2, -0.15) is 0 Å². The number of nitro groups is 1. The summed E-state index contributed by atoms with van der Waals surface area (Å²) in [4.78, 5) is 15.3. The summed E-state index contributed by atoms with van der Waals surface area (Å²) in [6, 6.07) is 22.4. The smallest absolute Gasteiger partial charge is 0.269 e. The quantitative estimate of drug-likeness (QED) is 0.242. The summed E-state index contributed by atoms with van der Waals surface area (Å²) in [6.07, 6.45) is 0.817. The normalized spacial score (nSPS) is 15.2. The Labute approximate surface area is 192 Å². The van der Waals surface area contributed by atoms with Gasteiger partial charge in [-0.25, -0.2) is 4.99 Å². The van der Waals surface area contributed by atoms with Gasteiger partial charge in [0.05, 0.1) is 31.2 Å². The summed E-state index contributed by atoms with van der Waals surface area (Å²) in [5.41, 5.74) is 3.15. The van der Waals surface area contributed by atoms with Crippen molar-refractivity contribution in [3.05, 3.63) is 99.6 Å². The van der Waals surface area contributed by atoms with Crippen LogP contribution in [0.2, 0.25) is 0 Å². The molecule has 0 fully saturated rings. The number of ether oxygens (including phenoxy) is 2. The van der Waals surface area contributed by atoms with Crippen molar-refractivity contribution in [1.29, 1.82) is 0 Å². The molecule has 0 saturated heterocycles. The lowest BCUT2D eigenvalue weighted by Crippen LogP contribution is -2.40. The van der Waals surface area contributed by atoms with E-state index in [9.17, 15) is 10.1 Å². The predicted octanol–water partition coefficient (Wildman–Crippen LogP) is 4.36. The zero-order valence-electron chi connectivity index (χ0n) is 18.4. The Bertz CT molecular complexity index is 1110. The second kappa shape index (κ2) is 10.5. The maximum atomic E-state index is 10.9. The molecule has 170 valence electrons. The number of fused-ring (bicyclic) bond motifs is 1. The van der Waals surface area contributed by atoms with Gasteiger partial charge >= 0.3 is 0 Å². The molecule has 1 aliphatic rings. The zero-order chi connectivity index (χ0) is 23.0. The molecule has 2 N–H and O–H groups in total. The fourth-order valence-corrected chi connectivity index (χ4v) is 3.63. The van der Waals surface area contributed by atoms with Crippen molar-refractivity contribution < 1.29 is 14.4 Å². The lowest BCUT2D eigenvalue weighted by Gasteiger charge is -2.28. The molecule has 3 aromatic rings. The third-order valence-corrected chi connectivity index (χ3v) is 5.46. The van der Waals surface area contributed by atoms with Gasteiger partial charge in [0, 0.05) is 30.7 Å². The molecule has 0 aliphatic carbocycles. The van der Waals surface area contributed by atoms with Crippen LogP contribution in [0, 0.1) is 10.1 Å². The van der Waals surface area contributed by atoms with Crippen LogP contribution < -0.4 is 20.1 Å². The molecule has 33 heavy (non-hydrogen) atoms. The van der Waals surface area contributed by atoms with E-state index in [1.807, 2.05) is 42.5 Å². The lowest BCUT2D eigenvalue weighted by molar-refractivity contribution is -0.384. The van der Waals surface area contributed by atoms with Crippen LogP contribution >= 0.6 is 0 Å². The van der Waals surface area contributed by atoms with Crippen LogP contribution in [0.5, 0.6) is 11.5 Å². The highest BCUT2D eigenvalue weighted by Gasteiger charge is 2.22. The molecule has 3 aromatic carbocycles. The van der Waals surface area contributed by atoms with Gasteiger partial charge in [0.25, 0.3) is 5.69 Å². The molecule has 0 amide bonds. The van der Waals surface area contributed by atoms with Crippen molar-refractivity contribution in [1.82, 2.24) is 10.6 Å². The van der Waals surface area contributed by atoms with Crippen LogP contribution in [0.1, 0.15) is 29.2 Å². The number of hydrogen-bond acceptors (Lipinski definition) is 5. The maximum absolute atomic E-state index is 10.9. The Morgan fingerprint density at radius 1 is 1.09 bits per heavy atom. The van der Waals surface area contributed by atoms with Gasteiger partial charge in [-0.1, -0.05) is 42.5 Å². The molecular formula is C25H26N4O4. The molecule has 1 heterocycles. The van der Waals surface area contributed by atoms with Crippen molar-refractivity contribution >= 4 is 11.6 Å². The van der Waals surface area contributed by atoms with Crippen LogP contribution in [-0.2, 0) is 13.1 Å². The largest absolute Gasteiger partial charge is 0.497 e. The van der Waals surface area contributed by atoms with Crippen molar-refractivity contribution in [2.75, 3.05) is 13.7 Å². The number of non-ortho nitro benzene ring substituents is 1. The highest BCUT2D eigenvalue weighted by Crippen LogP contribution is 2.31. The Kier molecular flexibility index (Phi) is 7.04. The van der Waals surface area contributed by atoms with Crippen molar-refractivity contribution in [2.45, 2.75) is 25.6 Å². The standard InChI is InChI=1S/C25H26N4O4/c1-32-21-12-8-19(9-13-21)17-27-25(26-16-18-6-10-20(11-7-18)29(30)31)28-23-14-15-33-24-5-3-2-4-22(23)24/h2-13,23H,14-17H2,1H3,(H2,26,27,28). The Morgan fingerprint density at radius 3 is 2.55 bits per heavy atom. The number of nitrogens with one attached hydrogen (secondary N) is 2. The Morgan fingerprint density at radius 2 is 1.82 bits per heavy atom. The number of nitrogens with zero attached hydrogens (tertiary/aromatic N) is 2. The minimum atomic E-state index is -0.400. The molecule has 1 atom stereocenters. The first-order valence-corrected chi connectivity index (χ1v) is 10.8. The van der Waals surface area contributed by atoms with E-state index in [0.29, 0.717) is 25.7 Å². The van der Waals surface area contributed by atoms with E-state index in [4.69, 9.17) is 14.5 Å². The SMILES string of the molecule is COc1ccc(CN=C(NCc2ccc([N+](=O)[O-])cc2)NC2CCOc3ccccc32)cc1. The molecule has 1 unspecified atom stereocenters. The Balaban J connectivity index is 1.50. The number of para-hydroxylation sites is 1. The number of guanidine groups is 1. The van der Waals surface area contributed by atoms with E-state index in [0.717, 1.165) is 34.6 Å². The second-order valence-electron chi connectivity index (χ2n) is 7.66. The van der Waals surface area contributed by atoms with Gasteiger partial charge in [-0.3, -0.25) is 10.1 Å². The summed E-state index contributed by atoms with van der Waals surface area (Å²) < 4.78 is 11.0. The van der Waals surface area contributed by atoms with E-state index >= 15 is 0 Å². The molecule has 0 aromatic heterocycles. The minimum Gasteiger partial charge on any atom is -0.497 e. The van der Waals surface area contributed by atoms with Crippen molar-refractivity contribution in [3.8, 4) is 11.5 Å². The monoisotopic (exact) mass is 446 g/mol. The molecule has 0 radical (unpaired) electrons. The summed E-state index contributed by atoms with van der Waals surface area (Å²) in [5, 5.41) is 17.8. The predicted molar refractivity (Wildman–Crippen MR) is 126 cm³/mol. The molecule has 8 nitrogen and oxygen atoms in total. The first-order valence-electron chi connectivity index (χ1n) is 10.8. The van der Waals surface area contributed by atoms with Gasteiger partial charge in [-0.15, -0.1) is 0 Å². The fourth-order valence-electron chi connectivity index (χ4n) is 3.63. The average molecular weight is 447 g/mol. The summed E-state index contributed by atoms with van der Waals surface area (Å²) >= 11 is 0. The molecule has 0 spiro atoms. The number of methoxy groups -OCH3 is 1. The highest BCUT2D eigenvalue weighted by atomic mass is 16.6. The minimum absolute atomic E-state index is 0.0638. The number of benzene rings is 3. The number of rotatable bonds is 7. The van der Waals surface area contributed by atoms with Gasteiger partial charge in [-0.05, 0) is 29.3 Å². The molecule has 8 heteroatoms. The van der Waals surface area contributed by atoms with E-state index in [1.54, 1.807) is 19.2 Å². The van der Waals surface area contributed by atoms with Crippen LogP contribution in [0.25, 0.3) is 0 Å². The third-order valence-electron chi connectivity index (χ3n) is 5.46. The number of hydrogen-bond donors (Lipinski definition) is 2. The summed E-state index contributed by atoms with van der Waals surface area (Å²) in [6.45, 7) is 1.60. The van der Waals surface area contributed by atoms with E-state index in [-0.39, 0.29) is 11.7 Å². The van der Waals surface area contributed by atoms with Gasteiger partial charge in [0.15, 0.2) is 5.96 Å². The van der Waals surface area contributed by atoms with Crippen molar-refractivity contribution in [3.63, 3.8) is 0 Å². The topological polar surface area (TPSA) is 98.0 Å². The van der Waals surface area contributed by atoms with Crippen LogP contribution in [0.4, 0.5) is 5.69 Å².